The number of hydrogen-bond donors (Lipinski definition) is 3. The van der Waals surface area contributed by atoms with Gasteiger partial charge in [0.25, 0.3) is 5.91 Å². The van der Waals surface area contributed by atoms with Crippen LogP contribution < -0.4 is 11.1 Å². The Morgan fingerprint density at radius 1 is 1.42 bits per heavy atom. The van der Waals surface area contributed by atoms with E-state index in [0.717, 1.165) is 0 Å². The molecule has 2 amide bonds. The fourth-order valence-electron chi connectivity index (χ4n) is 1.28. The molecule has 6 nitrogen and oxygen atoms in total. The van der Waals surface area contributed by atoms with Gasteiger partial charge in [0.05, 0.1) is 11.4 Å². The van der Waals surface area contributed by atoms with E-state index in [1.54, 1.807) is 6.07 Å². The summed E-state index contributed by atoms with van der Waals surface area (Å²) in [5.74, 6) is -2.81. The third kappa shape index (κ3) is 4.53. The number of halogens is 2. The van der Waals surface area contributed by atoms with Gasteiger partial charge in [0.2, 0.25) is 5.91 Å². The molecule has 1 aromatic carbocycles. The lowest BCUT2D eigenvalue weighted by Gasteiger charge is -2.13. The summed E-state index contributed by atoms with van der Waals surface area (Å²) in [5, 5.41) is 11.4. The average molecular weight is 350 g/mol. The van der Waals surface area contributed by atoms with E-state index in [4.69, 9.17) is 22.4 Å². The topological polar surface area (TPSA) is 109 Å². The molecule has 1 unspecified atom stereocenters. The summed E-state index contributed by atoms with van der Waals surface area (Å²) >= 11 is 8.99. The zero-order chi connectivity index (χ0) is 14.6. The number of carboxylic acids is 1. The van der Waals surface area contributed by atoms with Crippen LogP contribution in [0.2, 0.25) is 5.02 Å². The number of carboxylic acid groups (broad SMARTS) is 1. The summed E-state index contributed by atoms with van der Waals surface area (Å²) in [5.41, 5.74) is 5.09. The number of carbonyl (C=O) groups is 3. The third-order valence-electron chi connectivity index (χ3n) is 2.19. The van der Waals surface area contributed by atoms with Crippen molar-refractivity contribution in [1.82, 2.24) is 5.32 Å². The fourth-order valence-corrected chi connectivity index (χ4v) is 1.71. The number of rotatable bonds is 5. The molecule has 1 aromatic rings. The van der Waals surface area contributed by atoms with E-state index in [1.165, 1.54) is 12.1 Å². The Kier molecular flexibility index (Phi) is 5.31. The summed E-state index contributed by atoms with van der Waals surface area (Å²) in [6.45, 7) is 0. The molecule has 19 heavy (non-hydrogen) atoms. The highest BCUT2D eigenvalue weighted by Crippen LogP contribution is 2.23. The van der Waals surface area contributed by atoms with Crippen LogP contribution in [0.4, 0.5) is 0 Å². The van der Waals surface area contributed by atoms with Crippen LogP contribution in [0.15, 0.2) is 22.7 Å². The first-order valence-electron chi connectivity index (χ1n) is 5.08. The molecule has 0 aromatic heterocycles. The van der Waals surface area contributed by atoms with E-state index >= 15 is 0 Å². The average Bonchev–Trinajstić information content (AvgIpc) is 2.31. The summed E-state index contributed by atoms with van der Waals surface area (Å²) in [7, 11) is 0. The summed E-state index contributed by atoms with van der Waals surface area (Å²) in [4.78, 5) is 33.4. The Morgan fingerprint density at radius 3 is 2.53 bits per heavy atom. The summed E-state index contributed by atoms with van der Waals surface area (Å²) in [6, 6.07) is 3.03. The maximum atomic E-state index is 11.8. The fraction of sp³-hybridized carbons (Fsp3) is 0.182. The minimum Gasteiger partial charge on any atom is -0.480 e. The molecule has 0 radical (unpaired) electrons. The monoisotopic (exact) mass is 348 g/mol. The Labute approximate surface area is 122 Å². The molecule has 1 atom stereocenters. The van der Waals surface area contributed by atoms with Gasteiger partial charge in [0.1, 0.15) is 6.04 Å². The van der Waals surface area contributed by atoms with Crippen molar-refractivity contribution in [2.24, 2.45) is 5.73 Å². The predicted octanol–water partition coefficient (Wildman–Crippen LogP) is 1.16. The SMILES string of the molecule is NC(=O)CC(NC(=O)c1ccc(Br)c(Cl)c1)C(=O)O. The van der Waals surface area contributed by atoms with Crippen LogP contribution in [-0.2, 0) is 9.59 Å². The zero-order valence-electron chi connectivity index (χ0n) is 9.52. The van der Waals surface area contributed by atoms with Crippen LogP contribution in [0.3, 0.4) is 0 Å². The molecule has 1 rings (SSSR count). The Morgan fingerprint density at radius 2 is 2.05 bits per heavy atom. The van der Waals surface area contributed by atoms with Crippen molar-refractivity contribution < 1.29 is 19.5 Å². The lowest BCUT2D eigenvalue weighted by atomic mass is 10.1. The van der Waals surface area contributed by atoms with Gasteiger partial charge in [0.15, 0.2) is 0 Å². The Bertz CT molecular complexity index is 535. The first kappa shape index (κ1) is 15.5. The number of hydrogen-bond acceptors (Lipinski definition) is 3. The van der Waals surface area contributed by atoms with E-state index in [2.05, 4.69) is 21.2 Å². The van der Waals surface area contributed by atoms with Gasteiger partial charge in [-0.1, -0.05) is 11.6 Å². The number of nitrogens with one attached hydrogen (secondary N) is 1. The van der Waals surface area contributed by atoms with Crippen LogP contribution in [0.5, 0.6) is 0 Å². The first-order valence-corrected chi connectivity index (χ1v) is 6.25. The van der Waals surface area contributed by atoms with Crippen molar-refractivity contribution in [2.75, 3.05) is 0 Å². The first-order chi connectivity index (χ1) is 8.81. The van der Waals surface area contributed by atoms with Crippen molar-refractivity contribution in [2.45, 2.75) is 12.5 Å². The summed E-state index contributed by atoms with van der Waals surface area (Å²) < 4.78 is 0.609. The minimum absolute atomic E-state index is 0.184. The lowest BCUT2D eigenvalue weighted by molar-refractivity contribution is -0.140. The highest BCUT2D eigenvalue weighted by molar-refractivity contribution is 9.10. The number of benzene rings is 1. The smallest absolute Gasteiger partial charge is 0.326 e. The van der Waals surface area contributed by atoms with Crippen molar-refractivity contribution >= 4 is 45.3 Å². The van der Waals surface area contributed by atoms with Crippen molar-refractivity contribution in [3.63, 3.8) is 0 Å². The largest absolute Gasteiger partial charge is 0.480 e. The molecule has 0 fully saturated rings. The molecule has 102 valence electrons. The quantitative estimate of drug-likeness (QED) is 0.741. The molecule has 0 aliphatic rings. The van der Waals surface area contributed by atoms with E-state index < -0.39 is 30.2 Å². The lowest BCUT2D eigenvalue weighted by Crippen LogP contribution is -2.43. The number of primary amides is 1. The van der Waals surface area contributed by atoms with Crippen molar-refractivity contribution in [1.29, 1.82) is 0 Å². The standard InChI is InChI=1S/C11H10BrClN2O4/c12-6-2-1-5(3-7(6)13)10(17)15-8(11(18)19)4-9(14)16/h1-3,8H,4H2,(H2,14,16)(H,15,17)(H,18,19). The number of nitrogens with two attached hydrogens (primary N) is 1. The van der Waals surface area contributed by atoms with Crippen LogP contribution in [-0.4, -0.2) is 28.9 Å². The van der Waals surface area contributed by atoms with Gasteiger partial charge in [-0.25, -0.2) is 4.79 Å². The van der Waals surface area contributed by atoms with E-state index in [0.29, 0.717) is 9.50 Å². The van der Waals surface area contributed by atoms with Crippen molar-refractivity contribution in [3.05, 3.63) is 33.3 Å². The van der Waals surface area contributed by atoms with Gasteiger partial charge in [0, 0.05) is 10.0 Å². The second kappa shape index (κ2) is 6.53. The number of amides is 2. The highest BCUT2D eigenvalue weighted by atomic mass is 79.9. The van der Waals surface area contributed by atoms with Crippen LogP contribution >= 0.6 is 27.5 Å². The molecule has 0 aliphatic carbocycles. The predicted molar refractivity (Wildman–Crippen MR) is 71.9 cm³/mol. The van der Waals surface area contributed by atoms with Gasteiger partial charge in [-0.2, -0.15) is 0 Å². The van der Waals surface area contributed by atoms with E-state index in [-0.39, 0.29) is 5.56 Å². The molecule has 0 saturated carbocycles. The molecular weight excluding hydrogens is 339 g/mol. The second-order valence-electron chi connectivity index (χ2n) is 3.66. The van der Waals surface area contributed by atoms with Crippen LogP contribution in [0.1, 0.15) is 16.8 Å². The second-order valence-corrected chi connectivity index (χ2v) is 4.93. The third-order valence-corrected chi connectivity index (χ3v) is 3.42. The van der Waals surface area contributed by atoms with Crippen molar-refractivity contribution in [3.8, 4) is 0 Å². The molecule has 8 heteroatoms. The zero-order valence-corrected chi connectivity index (χ0v) is 11.9. The van der Waals surface area contributed by atoms with Gasteiger partial charge in [-0.15, -0.1) is 0 Å². The molecular formula is C11H10BrClN2O4. The Hall–Kier alpha value is -1.60. The number of carbonyl (C=O) groups excluding carboxylic acids is 2. The van der Waals surface area contributed by atoms with Crippen LogP contribution in [0, 0.1) is 0 Å². The van der Waals surface area contributed by atoms with Gasteiger partial charge in [-0.05, 0) is 34.1 Å². The molecule has 0 aliphatic heterocycles. The molecule has 0 spiro atoms. The van der Waals surface area contributed by atoms with Gasteiger partial charge < -0.3 is 16.2 Å². The van der Waals surface area contributed by atoms with E-state index in [9.17, 15) is 14.4 Å². The number of aliphatic carboxylic acids is 1. The molecule has 4 N–H and O–H groups in total. The normalized spacial score (nSPS) is 11.7. The highest BCUT2D eigenvalue weighted by Gasteiger charge is 2.22. The molecule has 0 saturated heterocycles. The van der Waals surface area contributed by atoms with Gasteiger partial charge in [-0.3, -0.25) is 9.59 Å². The summed E-state index contributed by atoms with van der Waals surface area (Å²) in [6.07, 6.45) is -0.481. The minimum atomic E-state index is -1.37. The molecule has 0 bridgehead atoms. The maximum Gasteiger partial charge on any atom is 0.326 e. The molecule has 0 heterocycles. The van der Waals surface area contributed by atoms with Gasteiger partial charge >= 0.3 is 5.97 Å². The van der Waals surface area contributed by atoms with E-state index in [1.807, 2.05) is 0 Å². The van der Waals surface area contributed by atoms with Crippen LogP contribution in [0.25, 0.3) is 0 Å². The Balaban J connectivity index is 2.84. The maximum absolute atomic E-state index is 11.8.